The Hall–Kier alpha value is -0.680. The highest BCUT2D eigenvalue weighted by atomic mass is 31.2. The minimum Gasteiger partial charge on any atom is -0.404 e. The Bertz CT molecular complexity index is 585. The van der Waals surface area contributed by atoms with Gasteiger partial charge in [-0.15, -0.1) is 0 Å². The number of hydrogen-bond acceptors (Lipinski definition) is 7. The quantitative estimate of drug-likeness (QED) is 0.562. The molecule has 0 radical (unpaired) electrons. The van der Waals surface area contributed by atoms with Gasteiger partial charge in [0.05, 0.1) is 19.4 Å². The van der Waals surface area contributed by atoms with Crippen LogP contribution in [0.3, 0.4) is 0 Å². The summed E-state index contributed by atoms with van der Waals surface area (Å²) in [5.41, 5.74) is 1.52. The monoisotopic (exact) mass is 366 g/mol. The minimum absolute atomic E-state index is 0.0750. The second-order valence-electron chi connectivity index (χ2n) is 4.66. The molecule has 0 amide bonds. The maximum atomic E-state index is 12.4. The number of benzene rings is 1. The highest BCUT2D eigenvalue weighted by Gasteiger charge is 2.28. The van der Waals surface area contributed by atoms with E-state index in [4.69, 9.17) is 22.6 Å². The standard InChI is InChI=1S/C14H24O7P2/c1-6-19-23(16,20-7-2)21-14-9-12(3)8-13(10-14)11-22(15,17-4)18-5/h8-10H,6-7,11H2,1-5H3. The van der Waals surface area contributed by atoms with Crippen LogP contribution in [0, 0.1) is 6.92 Å². The van der Waals surface area contributed by atoms with E-state index in [1.54, 1.807) is 26.0 Å². The highest BCUT2D eigenvalue weighted by molar-refractivity contribution is 7.53. The molecule has 9 heteroatoms. The molecule has 0 atom stereocenters. The molecule has 0 heterocycles. The molecule has 1 rings (SSSR count). The van der Waals surface area contributed by atoms with E-state index >= 15 is 0 Å². The zero-order chi connectivity index (χ0) is 17.5. The van der Waals surface area contributed by atoms with Gasteiger partial charge in [-0.1, -0.05) is 6.07 Å². The fraction of sp³-hybridized carbons (Fsp3) is 0.571. The first-order valence-electron chi connectivity index (χ1n) is 7.19. The van der Waals surface area contributed by atoms with Crippen LogP contribution >= 0.6 is 15.4 Å². The van der Waals surface area contributed by atoms with Gasteiger partial charge in [0.2, 0.25) is 0 Å². The highest BCUT2D eigenvalue weighted by Crippen LogP contribution is 2.52. The van der Waals surface area contributed by atoms with Crippen LogP contribution in [-0.4, -0.2) is 27.4 Å². The Balaban J connectivity index is 3.05. The van der Waals surface area contributed by atoms with Crippen LogP contribution in [0.15, 0.2) is 18.2 Å². The van der Waals surface area contributed by atoms with Crippen LogP contribution in [0.1, 0.15) is 25.0 Å². The molecule has 0 aliphatic rings. The number of phosphoric acid groups is 1. The lowest BCUT2D eigenvalue weighted by atomic mass is 10.1. The lowest BCUT2D eigenvalue weighted by molar-refractivity contribution is 0.167. The van der Waals surface area contributed by atoms with Crippen molar-refractivity contribution in [3.05, 3.63) is 29.3 Å². The van der Waals surface area contributed by atoms with Gasteiger partial charge in [-0.3, -0.25) is 13.6 Å². The van der Waals surface area contributed by atoms with Gasteiger partial charge in [-0.2, -0.15) is 0 Å². The maximum absolute atomic E-state index is 12.4. The van der Waals surface area contributed by atoms with Gasteiger partial charge in [0.15, 0.2) is 0 Å². The Kier molecular flexibility index (Phi) is 7.95. The molecule has 0 bridgehead atoms. The first-order valence-corrected chi connectivity index (χ1v) is 10.4. The van der Waals surface area contributed by atoms with E-state index < -0.39 is 15.4 Å². The molecule has 7 nitrogen and oxygen atoms in total. The van der Waals surface area contributed by atoms with Crippen molar-refractivity contribution in [1.29, 1.82) is 0 Å². The molecule has 0 fully saturated rings. The van der Waals surface area contributed by atoms with Crippen LogP contribution in [0.5, 0.6) is 5.75 Å². The molecule has 0 unspecified atom stereocenters. The molecule has 0 saturated carbocycles. The minimum atomic E-state index is -3.68. The SMILES string of the molecule is CCOP(=O)(OCC)Oc1cc(C)cc(CP(=O)(OC)OC)c1. The van der Waals surface area contributed by atoms with E-state index in [1.165, 1.54) is 14.2 Å². The van der Waals surface area contributed by atoms with Gasteiger partial charge in [0.1, 0.15) is 5.75 Å². The number of hydrogen-bond donors (Lipinski definition) is 0. The van der Waals surface area contributed by atoms with Gasteiger partial charge < -0.3 is 13.6 Å². The predicted molar refractivity (Wildman–Crippen MR) is 88.0 cm³/mol. The maximum Gasteiger partial charge on any atom is 0.530 e. The first kappa shape index (κ1) is 20.4. The zero-order valence-corrected chi connectivity index (χ0v) is 15.9. The van der Waals surface area contributed by atoms with Gasteiger partial charge in [0, 0.05) is 14.2 Å². The summed E-state index contributed by atoms with van der Waals surface area (Å²) in [5.74, 6) is 0.309. The molecule has 0 saturated heterocycles. The van der Waals surface area contributed by atoms with Crippen molar-refractivity contribution < 1.29 is 31.7 Å². The van der Waals surface area contributed by atoms with Crippen molar-refractivity contribution in [2.75, 3.05) is 27.4 Å². The van der Waals surface area contributed by atoms with Gasteiger partial charge in [-0.25, -0.2) is 4.57 Å². The summed E-state index contributed by atoms with van der Waals surface area (Å²) in [5, 5.41) is 0. The Morgan fingerprint density at radius 2 is 1.52 bits per heavy atom. The zero-order valence-electron chi connectivity index (χ0n) is 14.1. The fourth-order valence-electron chi connectivity index (χ4n) is 1.93. The van der Waals surface area contributed by atoms with Crippen LogP contribution in [0.2, 0.25) is 0 Å². The molecule has 1 aromatic carbocycles. The van der Waals surface area contributed by atoms with Gasteiger partial charge >= 0.3 is 15.4 Å². The molecular formula is C14H24O7P2. The molecule has 0 aromatic heterocycles. The third-order valence-electron chi connectivity index (χ3n) is 2.83. The summed E-state index contributed by atoms with van der Waals surface area (Å²) in [6.07, 6.45) is 0.0750. The molecule has 0 aliphatic carbocycles. The fourth-order valence-corrected chi connectivity index (χ4v) is 4.14. The molecule has 23 heavy (non-hydrogen) atoms. The summed E-state index contributed by atoms with van der Waals surface area (Å²) in [6.45, 7) is 5.62. The second kappa shape index (κ2) is 8.97. The predicted octanol–water partition coefficient (Wildman–Crippen LogP) is 4.54. The van der Waals surface area contributed by atoms with Gasteiger partial charge in [-0.05, 0) is 44.0 Å². The lowest BCUT2D eigenvalue weighted by Gasteiger charge is -2.18. The smallest absolute Gasteiger partial charge is 0.404 e. The normalized spacial score (nSPS) is 12.4. The van der Waals surface area contributed by atoms with Crippen LogP contribution in [0.4, 0.5) is 0 Å². The number of rotatable bonds is 10. The summed E-state index contributed by atoms with van der Waals surface area (Å²) < 4.78 is 50.2. The number of aryl methyl sites for hydroxylation is 1. The third kappa shape index (κ3) is 6.38. The van der Waals surface area contributed by atoms with E-state index in [0.717, 1.165) is 5.56 Å². The van der Waals surface area contributed by atoms with Crippen molar-refractivity contribution in [3.8, 4) is 5.75 Å². The Morgan fingerprint density at radius 1 is 0.957 bits per heavy atom. The van der Waals surface area contributed by atoms with Gasteiger partial charge in [0.25, 0.3) is 0 Å². The lowest BCUT2D eigenvalue weighted by Crippen LogP contribution is -2.03. The molecule has 132 valence electrons. The second-order valence-corrected chi connectivity index (χ2v) is 8.52. The van der Waals surface area contributed by atoms with E-state index in [1.807, 2.05) is 13.0 Å². The van der Waals surface area contributed by atoms with Crippen LogP contribution in [-0.2, 0) is 33.4 Å². The Morgan fingerprint density at radius 3 is 2.00 bits per heavy atom. The summed E-state index contributed by atoms with van der Waals surface area (Å²) in [6, 6.07) is 5.13. The summed E-state index contributed by atoms with van der Waals surface area (Å²) in [7, 11) is -4.23. The number of phosphoric ester groups is 1. The van der Waals surface area contributed by atoms with E-state index in [-0.39, 0.29) is 19.4 Å². The molecular weight excluding hydrogens is 342 g/mol. The van der Waals surface area contributed by atoms with Crippen molar-refractivity contribution >= 4 is 15.4 Å². The van der Waals surface area contributed by atoms with E-state index in [2.05, 4.69) is 0 Å². The van der Waals surface area contributed by atoms with Crippen molar-refractivity contribution in [3.63, 3.8) is 0 Å². The van der Waals surface area contributed by atoms with E-state index in [9.17, 15) is 9.13 Å². The van der Waals surface area contributed by atoms with Crippen molar-refractivity contribution in [1.82, 2.24) is 0 Å². The Labute approximate surface area is 137 Å². The molecule has 0 spiro atoms. The molecule has 0 N–H and O–H groups in total. The first-order chi connectivity index (χ1) is 10.8. The summed E-state index contributed by atoms with van der Waals surface area (Å²) in [4.78, 5) is 0. The van der Waals surface area contributed by atoms with Crippen molar-refractivity contribution in [2.24, 2.45) is 0 Å². The third-order valence-corrected chi connectivity index (χ3v) is 6.28. The summed E-state index contributed by atoms with van der Waals surface area (Å²) >= 11 is 0. The van der Waals surface area contributed by atoms with E-state index in [0.29, 0.717) is 11.3 Å². The molecule has 0 aliphatic heterocycles. The van der Waals surface area contributed by atoms with Crippen LogP contribution in [0.25, 0.3) is 0 Å². The van der Waals surface area contributed by atoms with Crippen molar-refractivity contribution in [2.45, 2.75) is 26.9 Å². The van der Waals surface area contributed by atoms with Crippen LogP contribution < -0.4 is 4.52 Å². The average Bonchev–Trinajstić information content (AvgIpc) is 2.46. The average molecular weight is 366 g/mol. The topological polar surface area (TPSA) is 80.3 Å². The largest absolute Gasteiger partial charge is 0.530 e. The molecule has 1 aromatic rings.